The van der Waals surface area contributed by atoms with Gasteiger partial charge in [-0.15, -0.1) is 21.5 Å². The van der Waals surface area contributed by atoms with Gasteiger partial charge in [-0.05, 0) is 70.4 Å². The van der Waals surface area contributed by atoms with Gasteiger partial charge in [-0.2, -0.15) is 0 Å². The Kier molecular flexibility index (Phi) is 8.71. The van der Waals surface area contributed by atoms with Crippen LogP contribution in [0.1, 0.15) is 72.0 Å². The molecule has 0 radical (unpaired) electrons. The van der Waals surface area contributed by atoms with Gasteiger partial charge in [0, 0.05) is 21.6 Å². The Labute approximate surface area is 260 Å². The number of aliphatic hydroxyl groups is 1. The first kappa shape index (κ1) is 31.1. The summed E-state index contributed by atoms with van der Waals surface area (Å²) in [6.45, 7) is 10.9. The molecule has 10 nitrogen and oxygen atoms in total. The normalized spacial score (nSPS) is 14.3. The van der Waals surface area contributed by atoms with Crippen LogP contribution in [-0.4, -0.2) is 56.8 Å². The Morgan fingerprint density at radius 3 is 2.32 bits per heavy atom. The number of hydrogen-bond acceptors (Lipinski definition) is 10. The molecule has 0 unspecified atom stereocenters. The second-order valence-corrected chi connectivity index (χ2v) is 12.8. The molecule has 0 aliphatic carbocycles. The van der Waals surface area contributed by atoms with E-state index in [2.05, 4.69) is 24.0 Å². The molecule has 230 valence electrons. The molecule has 0 saturated carbocycles. The number of aromatic nitrogens is 3. The molecule has 44 heavy (non-hydrogen) atoms. The van der Waals surface area contributed by atoms with Gasteiger partial charge in [0.05, 0.1) is 25.8 Å². The molecule has 0 fully saturated rings. The fraction of sp³-hybridized carbons (Fsp3) is 0.364. The second-order valence-electron chi connectivity index (χ2n) is 11.6. The van der Waals surface area contributed by atoms with Crippen molar-refractivity contribution >= 4 is 29.0 Å². The lowest BCUT2D eigenvalue weighted by Gasteiger charge is -2.20. The van der Waals surface area contributed by atoms with Crippen LogP contribution in [-0.2, 0) is 25.7 Å². The summed E-state index contributed by atoms with van der Waals surface area (Å²) in [7, 11) is 1.37. The summed E-state index contributed by atoms with van der Waals surface area (Å²) in [6.07, 6.45) is 0.0372. The molecule has 0 amide bonds. The third-order valence-electron chi connectivity index (χ3n) is 7.32. The Balaban J connectivity index is 1.48. The summed E-state index contributed by atoms with van der Waals surface area (Å²) >= 11 is 1.65. The summed E-state index contributed by atoms with van der Waals surface area (Å²) in [4.78, 5) is 30.8. The first-order valence-electron chi connectivity index (χ1n) is 14.3. The SMILES string of the molecule is COC(=O)C[C@@H]1N=C(c2ccc(-c3ccc(OCC(=O)OC(C)(C)C)c(CO)c3)cc2)c2c(sc(C)c2C)-n2c(C)nnc21. The highest BCUT2D eigenvalue weighted by molar-refractivity contribution is 7.15. The van der Waals surface area contributed by atoms with Crippen LogP contribution in [0.25, 0.3) is 16.1 Å². The van der Waals surface area contributed by atoms with Crippen molar-refractivity contribution in [3.8, 4) is 21.9 Å². The average molecular weight is 617 g/mol. The van der Waals surface area contributed by atoms with E-state index in [1.807, 2.05) is 47.9 Å². The van der Waals surface area contributed by atoms with Crippen LogP contribution in [0.2, 0.25) is 0 Å². The number of nitrogens with zero attached hydrogens (tertiary/aromatic N) is 4. The van der Waals surface area contributed by atoms with E-state index in [4.69, 9.17) is 19.2 Å². The van der Waals surface area contributed by atoms with E-state index in [0.717, 1.165) is 49.2 Å². The Hall–Kier alpha value is -4.35. The van der Waals surface area contributed by atoms with Gasteiger partial charge in [-0.1, -0.05) is 30.3 Å². The van der Waals surface area contributed by atoms with E-state index in [1.165, 1.54) is 7.11 Å². The predicted molar refractivity (Wildman–Crippen MR) is 168 cm³/mol. The molecular formula is C33H36N4O6S. The maximum Gasteiger partial charge on any atom is 0.344 e. The Morgan fingerprint density at radius 2 is 1.66 bits per heavy atom. The number of ether oxygens (including phenoxy) is 3. The van der Waals surface area contributed by atoms with Crippen molar-refractivity contribution in [2.45, 2.75) is 66.2 Å². The number of aryl methyl sites for hydroxylation is 2. The van der Waals surface area contributed by atoms with Gasteiger partial charge < -0.3 is 19.3 Å². The molecule has 0 bridgehead atoms. The highest BCUT2D eigenvalue weighted by Crippen LogP contribution is 2.40. The highest BCUT2D eigenvalue weighted by atomic mass is 32.1. The van der Waals surface area contributed by atoms with Gasteiger partial charge in [0.2, 0.25) is 0 Å². The smallest absolute Gasteiger partial charge is 0.344 e. The van der Waals surface area contributed by atoms with Crippen molar-refractivity contribution in [1.29, 1.82) is 0 Å². The number of aliphatic hydroxyl groups excluding tert-OH is 1. The standard InChI is InChI=1S/C33H36N4O6S/c1-18-19(2)44-32-29(18)30(34-25(15-27(39)41-7)31-36-35-20(3)37(31)32)22-10-8-21(9-11-22)23-12-13-26(24(14-23)16-38)42-17-28(40)43-33(4,5)6/h8-14,25,38H,15-17H2,1-7H3/t25-/m0/s1. The van der Waals surface area contributed by atoms with Crippen LogP contribution in [0, 0.1) is 20.8 Å². The van der Waals surface area contributed by atoms with Gasteiger partial charge in [-0.25, -0.2) is 4.79 Å². The summed E-state index contributed by atoms with van der Waals surface area (Å²) in [6, 6.07) is 12.9. The molecule has 4 aromatic rings. The first-order chi connectivity index (χ1) is 20.9. The van der Waals surface area contributed by atoms with Crippen molar-refractivity contribution in [3.63, 3.8) is 0 Å². The maximum atomic E-state index is 12.4. The summed E-state index contributed by atoms with van der Waals surface area (Å²) < 4.78 is 18.0. The fourth-order valence-electron chi connectivity index (χ4n) is 5.12. The van der Waals surface area contributed by atoms with Gasteiger partial charge in [0.15, 0.2) is 12.4 Å². The van der Waals surface area contributed by atoms with Crippen molar-refractivity contribution in [2.75, 3.05) is 13.7 Å². The van der Waals surface area contributed by atoms with Crippen molar-refractivity contribution < 1.29 is 28.9 Å². The molecule has 1 aliphatic rings. The number of carbonyl (C=O) groups is 2. The van der Waals surface area contributed by atoms with Crippen LogP contribution in [0.5, 0.6) is 5.75 Å². The Morgan fingerprint density at radius 1 is 0.977 bits per heavy atom. The number of benzene rings is 2. The molecule has 1 N–H and O–H groups in total. The molecule has 3 heterocycles. The highest BCUT2D eigenvalue weighted by Gasteiger charge is 2.32. The minimum atomic E-state index is -0.610. The summed E-state index contributed by atoms with van der Waals surface area (Å²) in [5, 5.41) is 19.7. The zero-order chi connectivity index (χ0) is 31.8. The zero-order valence-corrected chi connectivity index (χ0v) is 26.7. The molecule has 1 atom stereocenters. The molecule has 1 aliphatic heterocycles. The van der Waals surface area contributed by atoms with E-state index in [9.17, 15) is 14.7 Å². The first-order valence-corrected chi connectivity index (χ1v) is 15.1. The topological polar surface area (TPSA) is 125 Å². The average Bonchev–Trinajstić information content (AvgIpc) is 3.46. The van der Waals surface area contributed by atoms with E-state index >= 15 is 0 Å². The lowest BCUT2D eigenvalue weighted by molar-refractivity contribution is -0.157. The molecule has 11 heteroatoms. The van der Waals surface area contributed by atoms with Gasteiger partial charge in [0.25, 0.3) is 0 Å². The summed E-state index contributed by atoms with van der Waals surface area (Å²) in [5.41, 5.74) is 5.51. The third-order valence-corrected chi connectivity index (χ3v) is 8.51. The summed E-state index contributed by atoms with van der Waals surface area (Å²) in [5.74, 6) is 0.888. The molecule has 5 rings (SSSR count). The van der Waals surface area contributed by atoms with E-state index < -0.39 is 17.6 Å². The number of hydrogen-bond donors (Lipinski definition) is 1. The van der Waals surface area contributed by atoms with Crippen LogP contribution in [0.3, 0.4) is 0 Å². The van der Waals surface area contributed by atoms with Crippen LogP contribution >= 0.6 is 11.3 Å². The predicted octanol–water partition coefficient (Wildman–Crippen LogP) is 5.59. The molecule has 0 spiro atoms. The zero-order valence-electron chi connectivity index (χ0n) is 25.9. The number of fused-ring (bicyclic) bond motifs is 3. The van der Waals surface area contributed by atoms with Crippen LogP contribution in [0.15, 0.2) is 47.5 Å². The van der Waals surface area contributed by atoms with Crippen molar-refractivity contribution in [3.05, 3.63) is 81.2 Å². The fourth-order valence-corrected chi connectivity index (χ4v) is 6.33. The lowest BCUT2D eigenvalue weighted by Crippen LogP contribution is -2.27. The third kappa shape index (κ3) is 6.29. The Bertz CT molecular complexity index is 1750. The monoisotopic (exact) mass is 616 g/mol. The largest absolute Gasteiger partial charge is 0.482 e. The van der Waals surface area contributed by atoms with Crippen LogP contribution in [0.4, 0.5) is 0 Å². The van der Waals surface area contributed by atoms with E-state index in [0.29, 0.717) is 17.1 Å². The van der Waals surface area contributed by atoms with Crippen molar-refractivity contribution in [1.82, 2.24) is 14.8 Å². The van der Waals surface area contributed by atoms with Gasteiger partial charge in [0.1, 0.15) is 28.2 Å². The lowest BCUT2D eigenvalue weighted by atomic mass is 9.96. The quantitative estimate of drug-likeness (QED) is 0.254. The molecule has 0 saturated heterocycles. The minimum Gasteiger partial charge on any atom is -0.482 e. The second kappa shape index (κ2) is 12.3. The van der Waals surface area contributed by atoms with E-state index in [1.54, 1.807) is 38.2 Å². The molecule has 2 aromatic carbocycles. The van der Waals surface area contributed by atoms with Gasteiger partial charge in [-0.3, -0.25) is 14.4 Å². The number of rotatable bonds is 8. The maximum absolute atomic E-state index is 12.4. The number of aliphatic imine (C=N–C) groups is 1. The molecule has 2 aromatic heterocycles. The van der Waals surface area contributed by atoms with Crippen molar-refractivity contribution in [2.24, 2.45) is 4.99 Å². The number of methoxy groups -OCH3 is 1. The number of esters is 2. The van der Waals surface area contributed by atoms with Crippen LogP contribution < -0.4 is 4.74 Å². The van der Waals surface area contributed by atoms with Gasteiger partial charge >= 0.3 is 11.9 Å². The minimum absolute atomic E-state index is 0.0372. The number of thiophene rings is 1. The number of carbonyl (C=O) groups excluding carboxylic acids is 2. The molecular weight excluding hydrogens is 580 g/mol. The van der Waals surface area contributed by atoms with E-state index in [-0.39, 0.29) is 25.6 Å².